The summed E-state index contributed by atoms with van der Waals surface area (Å²) in [5.41, 5.74) is 8.11. The van der Waals surface area contributed by atoms with Gasteiger partial charge in [0.25, 0.3) is 0 Å². The Balaban J connectivity index is 1.06. The Morgan fingerprint density at radius 3 is 2.46 bits per heavy atom. The highest BCUT2D eigenvalue weighted by atomic mass is 16.7. The van der Waals surface area contributed by atoms with Gasteiger partial charge in [0, 0.05) is 45.8 Å². The molecule has 0 aromatic carbocycles. The molecular formula is C41H63NO10. The molecule has 8 rings (SSSR count). The summed E-state index contributed by atoms with van der Waals surface area (Å²) in [4.78, 5) is 14.1. The molecule has 7 heterocycles. The highest BCUT2D eigenvalue weighted by Crippen LogP contribution is 2.50. The quantitative estimate of drug-likeness (QED) is 0.356. The van der Waals surface area contributed by atoms with Gasteiger partial charge in [0.05, 0.1) is 67.1 Å². The van der Waals surface area contributed by atoms with Crippen molar-refractivity contribution in [2.24, 2.45) is 29.4 Å². The molecule has 11 nitrogen and oxygen atoms in total. The molecule has 0 unspecified atom stereocenters. The first kappa shape index (κ1) is 37.7. The molecule has 1 spiro atoms. The Morgan fingerprint density at radius 2 is 1.65 bits per heavy atom. The summed E-state index contributed by atoms with van der Waals surface area (Å²) in [6.07, 6.45) is 7.04. The Kier molecular flexibility index (Phi) is 11.1. The summed E-state index contributed by atoms with van der Waals surface area (Å²) in [6, 6.07) is 0. The number of ether oxygens (including phenoxy) is 7. The van der Waals surface area contributed by atoms with E-state index in [1.807, 2.05) is 0 Å². The molecule has 8 aliphatic rings. The second-order valence-corrected chi connectivity index (χ2v) is 17.8. The van der Waals surface area contributed by atoms with Crippen molar-refractivity contribution in [3.8, 4) is 0 Å². The summed E-state index contributed by atoms with van der Waals surface area (Å²) in [5.74, 6) is -0.175. The van der Waals surface area contributed by atoms with Crippen LogP contribution in [0.25, 0.3) is 0 Å². The molecular weight excluding hydrogens is 666 g/mol. The maximum absolute atomic E-state index is 14.1. The zero-order valence-electron chi connectivity index (χ0n) is 31.3. The zero-order chi connectivity index (χ0) is 36.3. The maximum atomic E-state index is 14.1. The van der Waals surface area contributed by atoms with Gasteiger partial charge < -0.3 is 49.1 Å². The third kappa shape index (κ3) is 7.50. The van der Waals surface area contributed by atoms with Crippen LogP contribution in [-0.2, 0) is 38.0 Å². The van der Waals surface area contributed by atoms with Crippen molar-refractivity contribution in [3.63, 3.8) is 0 Å². The maximum Gasteiger partial charge on any atom is 0.172 e. The van der Waals surface area contributed by atoms with Crippen molar-refractivity contribution in [2.45, 2.75) is 188 Å². The van der Waals surface area contributed by atoms with Crippen LogP contribution in [0, 0.1) is 23.7 Å². The zero-order valence-corrected chi connectivity index (χ0v) is 31.3. The molecule has 8 fully saturated rings. The van der Waals surface area contributed by atoms with Crippen LogP contribution < -0.4 is 5.73 Å². The first-order chi connectivity index (χ1) is 25.0. The number of carbonyl (C=O) groups is 1. The lowest BCUT2D eigenvalue weighted by molar-refractivity contribution is -0.277. The molecule has 0 aromatic heterocycles. The lowest BCUT2D eigenvalue weighted by Gasteiger charge is -2.47. The van der Waals surface area contributed by atoms with Gasteiger partial charge in [0.15, 0.2) is 5.79 Å². The summed E-state index contributed by atoms with van der Waals surface area (Å²) in [7, 11) is 1.73. The summed E-state index contributed by atoms with van der Waals surface area (Å²) < 4.78 is 46.5. The van der Waals surface area contributed by atoms with E-state index in [-0.39, 0.29) is 91.1 Å². The van der Waals surface area contributed by atoms with Crippen molar-refractivity contribution in [1.82, 2.24) is 0 Å². The molecule has 0 amide bonds. The van der Waals surface area contributed by atoms with Crippen molar-refractivity contribution < 1.29 is 48.2 Å². The molecule has 7 saturated heterocycles. The fourth-order valence-corrected chi connectivity index (χ4v) is 11.6. The largest absolute Gasteiger partial charge is 0.392 e. The topological polar surface area (TPSA) is 148 Å². The lowest BCUT2D eigenvalue weighted by atomic mass is 9.79. The smallest absolute Gasteiger partial charge is 0.172 e. The fraction of sp³-hybridized carbons (Fsp3) is 0.878. The molecule has 292 valence electrons. The van der Waals surface area contributed by atoms with Gasteiger partial charge in [0.1, 0.15) is 18.0 Å². The van der Waals surface area contributed by atoms with Gasteiger partial charge in [-0.25, -0.2) is 0 Å². The van der Waals surface area contributed by atoms with Crippen molar-refractivity contribution in [1.29, 1.82) is 0 Å². The molecule has 0 aromatic rings. The Bertz CT molecular complexity index is 1330. The number of rotatable bonds is 4. The van der Waals surface area contributed by atoms with Gasteiger partial charge in [0.2, 0.25) is 0 Å². The second-order valence-electron chi connectivity index (χ2n) is 17.8. The average Bonchev–Trinajstić information content (AvgIpc) is 3.72. The van der Waals surface area contributed by atoms with E-state index >= 15 is 0 Å². The molecule has 1 aliphatic carbocycles. The first-order valence-corrected chi connectivity index (χ1v) is 20.5. The van der Waals surface area contributed by atoms with Gasteiger partial charge in [-0.1, -0.05) is 20.1 Å². The second kappa shape index (κ2) is 15.4. The summed E-state index contributed by atoms with van der Waals surface area (Å²) in [5, 5.41) is 21.7. The van der Waals surface area contributed by atoms with Crippen LogP contribution in [0.3, 0.4) is 0 Å². The lowest BCUT2D eigenvalue weighted by Crippen LogP contribution is -2.58. The number of ketones is 1. The van der Waals surface area contributed by atoms with Crippen molar-refractivity contribution in [2.75, 3.05) is 13.7 Å². The minimum absolute atomic E-state index is 0.0103. The monoisotopic (exact) mass is 729 g/mol. The van der Waals surface area contributed by atoms with E-state index in [0.29, 0.717) is 44.4 Å². The molecule has 10 bridgehead atoms. The Morgan fingerprint density at radius 1 is 0.865 bits per heavy atom. The number of fused-ring (bicyclic) bond motifs is 9. The number of carbonyl (C=O) groups excluding carboxylic acids is 1. The van der Waals surface area contributed by atoms with Gasteiger partial charge in [-0.2, -0.15) is 0 Å². The standard InChI is InChI=1S/C41H63NO10/c1-21-11-28-5-7-33-22(2)12-30(47-33)9-10-41-19-32(45)39(52-41)36-18-37(51-41)40-34(50-36)8-6-29(49-40)16-26(43)17-31-24(15-35(48-28)23(21)3)13-25(38(31)46-4)14-27(44)20-42/h21,24-25,27-40,44-45H,2-3,5-20,42H2,1,4H3/t21-,24+,25-,27+,28+,29-,30+,31+,32-,33+,34+,35-,36-,37-,38+,39+,40+,41-/m1/s1. The molecule has 11 heteroatoms. The highest BCUT2D eigenvalue weighted by Gasteiger charge is 2.59. The predicted octanol–water partition coefficient (Wildman–Crippen LogP) is 4.29. The highest BCUT2D eigenvalue weighted by molar-refractivity contribution is 5.79. The van der Waals surface area contributed by atoms with Crippen LogP contribution in [0.15, 0.2) is 24.3 Å². The number of methoxy groups -OCH3 is 1. The first-order valence-electron chi connectivity index (χ1n) is 20.5. The van der Waals surface area contributed by atoms with Gasteiger partial charge in [-0.3, -0.25) is 4.79 Å². The third-order valence-corrected chi connectivity index (χ3v) is 14.2. The van der Waals surface area contributed by atoms with E-state index in [0.717, 1.165) is 68.9 Å². The van der Waals surface area contributed by atoms with Crippen LogP contribution >= 0.6 is 0 Å². The van der Waals surface area contributed by atoms with Crippen LogP contribution in [0.4, 0.5) is 0 Å². The number of nitrogens with two attached hydrogens (primary N) is 1. The van der Waals surface area contributed by atoms with E-state index in [1.165, 1.54) is 0 Å². The fourth-order valence-electron chi connectivity index (χ4n) is 11.6. The molecule has 1 saturated carbocycles. The van der Waals surface area contributed by atoms with Crippen LogP contribution in [0.2, 0.25) is 0 Å². The summed E-state index contributed by atoms with van der Waals surface area (Å²) >= 11 is 0. The van der Waals surface area contributed by atoms with Gasteiger partial charge in [-0.15, -0.1) is 0 Å². The van der Waals surface area contributed by atoms with Gasteiger partial charge in [-0.05, 0) is 99.0 Å². The number of aliphatic hydroxyl groups is 2. The Labute approximate surface area is 309 Å². The molecule has 52 heavy (non-hydrogen) atoms. The number of aliphatic hydroxyl groups excluding tert-OH is 2. The van der Waals surface area contributed by atoms with Crippen LogP contribution in [-0.4, -0.2) is 115 Å². The summed E-state index contributed by atoms with van der Waals surface area (Å²) in [6.45, 7) is 11.4. The minimum atomic E-state index is -0.933. The van der Waals surface area contributed by atoms with Crippen molar-refractivity contribution in [3.05, 3.63) is 24.3 Å². The molecule has 7 aliphatic heterocycles. The van der Waals surface area contributed by atoms with Gasteiger partial charge >= 0.3 is 0 Å². The number of Topliss-reactive ketones (excluding diaryl/α,β-unsaturated/α-hetero) is 1. The SMILES string of the molecule is C=C1C[C@@H]2CC[C@]34C[C@@H](O)[C@H](O3)[C@H]3C[C@@H](O4)[C@H]4O[C@H](CC[C@@H]4O3)CC(=O)C[C@H]3[C@@H](C[C@H](C[C@H](O)CN)[C@@H]3OC)C[C@H]3O[C@@H](CC[C@@H]1O2)C[C@@H](C)C3=C. The Hall–Kier alpha value is -1.25. The van der Waals surface area contributed by atoms with E-state index in [4.69, 9.17) is 38.9 Å². The van der Waals surface area contributed by atoms with E-state index in [1.54, 1.807) is 7.11 Å². The van der Waals surface area contributed by atoms with E-state index < -0.39 is 24.1 Å². The number of hydrogen-bond donors (Lipinski definition) is 3. The van der Waals surface area contributed by atoms with Crippen LogP contribution in [0.1, 0.15) is 103 Å². The minimum Gasteiger partial charge on any atom is -0.392 e. The van der Waals surface area contributed by atoms with E-state index in [9.17, 15) is 15.0 Å². The molecule has 18 atom stereocenters. The average molecular weight is 730 g/mol. The normalized spacial score (nSPS) is 50.4. The number of hydrogen-bond acceptors (Lipinski definition) is 11. The van der Waals surface area contributed by atoms with Crippen LogP contribution in [0.5, 0.6) is 0 Å². The molecule has 4 N–H and O–H groups in total. The van der Waals surface area contributed by atoms with E-state index in [2.05, 4.69) is 20.1 Å². The predicted molar refractivity (Wildman–Crippen MR) is 191 cm³/mol. The van der Waals surface area contributed by atoms with Crippen molar-refractivity contribution >= 4 is 5.78 Å². The molecule has 0 radical (unpaired) electrons. The third-order valence-electron chi connectivity index (χ3n) is 14.2.